The van der Waals surface area contributed by atoms with Crippen molar-refractivity contribution in [2.24, 2.45) is 0 Å². The number of allylic oxidation sites excluding steroid dienone is 8. The molecule has 0 spiro atoms. The molecule has 1 aliphatic heterocycles. The average molecular weight is 512 g/mol. The molecule has 0 N–H and O–H groups in total. The first-order valence-corrected chi connectivity index (χ1v) is 16.5. The van der Waals surface area contributed by atoms with Crippen molar-refractivity contribution in [1.29, 1.82) is 0 Å². The molecular weight excluding hydrogens is 448 g/mol. The molecular formula is C36H63O. The molecule has 0 saturated heterocycles. The van der Waals surface area contributed by atoms with Gasteiger partial charge in [-0.3, -0.25) is 0 Å². The maximum atomic E-state index is 6.65. The largest absolute Gasteiger partial charge is 0.375 e. The van der Waals surface area contributed by atoms with E-state index in [0.29, 0.717) is 12.2 Å². The van der Waals surface area contributed by atoms with Crippen LogP contribution in [-0.2, 0) is 4.74 Å². The van der Waals surface area contributed by atoms with Crippen molar-refractivity contribution in [3.8, 4) is 0 Å². The standard InChI is InChI=1S/C36H63O/c1-3-5-6-7-8-9-10-11-12-14-18-21-24-27-30-33-36-34-31-28-25-22-19-16-13-15-17-20-23-26-29-32-35(4-2)37-36/h8-9,11-12,15,17,23,26,34-36H,3-7,10,13-14,16,18-22,24-25,27-33H2,1-2H3/b9-8-,12-11-,17-15-,26-23-. The molecule has 0 fully saturated rings. The van der Waals surface area contributed by atoms with Gasteiger partial charge >= 0.3 is 0 Å². The summed E-state index contributed by atoms with van der Waals surface area (Å²) in [4.78, 5) is 0. The van der Waals surface area contributed by atoms with Gasteiger partial charge in [-0.05, 0) is 89.9 Å². The predicted octanol–water partition coefficient (Wildman–Crippen LogP) is 12.2. The first-order valence-electron chi connectivity index (χ1n) is 16.5. The Kier molecular flexibility index (Phi) is 25.6. The summed E-state index contributed by atoms with van der Waals surface area (Å²) < 4.78 is 6.65. The molecule has 0 aromatic rings. The van der Waals surface area contributed by atoms with Crippen LogP contribution in [0.15, 0.2) is 48.6 Å². The molecule has 37 heavy (non-hydrogen) atoms. The van der Waals surface area contributed by atoms with E-state index in [1.165, 1.54) is 116 Å². The zero-order valence-corrected chi connectivity index (χ0v) is 25.0. The Bertz CT molecular complexity index is 569. The third kappa shape index (κ3) is 23.7. The van der Waals surface area contributed by atoms with Crippen LogP contribution < -0.4 is 0 Å². The van der Waals surface area contributed by atoms with E-state index in [2.05, 4.69) is 68.9 Å². The lowest BCUT2D eigenvalue weighted by atomic mass is 10.0. The fourth-order valence-corrected chi connectivity index (χ4v) is 5.04. The molecule has 1 aliphatic rings. The topological polar surface area (TPSA) is 9.23 Å². The Morgan fingerprint density at radius 3 is 2.05 bits per heavy atom. The normalized spacial score (nSPS) is 23.2. The van der Waals surface area contributed by atoms with Crippen molar-refractivity contribution >= 4 is 0 Å². The third-order valence-corrected chi connectivity index (χ3v) is 7.53. The van der Waals surface area contributed by atoms with Crippen LogP contribution in [0.2, 0.25) is 0 Å². The number of hydrogen-bond acceptors (Lipinski definition) is 1. The minimum atomic E-state index is 0.355. The van der Waals surface area contributed by atoms with Gasteiger partial charge < -0.3 is 4.74 Å². The van der Waals surface area contributed by atoms with Crippen LogP contribution >= 0.6 is 0 Å². The summed E-state index contributed by atoms with van der Waals surface area (Å²) in [6.07, 6.45) is 51.5. The summed E-state index contributed by atoms with van der Waals surface area (Å²) in [5.74, 6) is 0. The molecule has 1 nitrogen and oxygen atoms in total. The molecule has 1 radical (unpaired) electrons. The first kappa shape index (κ1) is 33.9. The molecule has 2 unspecified atom stereocenters. The van der Waals surface area contributed by atoms with E-state index < -0.39 is 0 Å². The molecule has 0 bridgehead atoms. The van der Waals surface area contributed by atoms with Crippen LogP contribution in [0.5, 0.6) is 0 Å². The maximum absolute atomic E-state index is 6.65. The van der Waals surface area contributed by atoms with E-state index >= 15 is 0 Å². The molecule has 2 atom stereocenters. The fourth-order valence-electron chi connectivity index (χ4n) is 5.04. The molecule has 0 amide bonds. The fraction of sp³-hybridized carbons (Fsp3) is 0.750. The zero-order chi connectivity index (χ0) is 26.5. The highest BCUT2D eigenvalue weighted by atomic mass is 16.5. The van der Waals surface area contributed by atoms with Gasteiger partial charge in [-0.25, -0.2) is 0 Å². The Labute approximate surface area is 233 Å². The van der Waals surface area contributed by atoms with Crippen molar-refractivity contribution in [2.75, 3.05) is 0 Å². The number of rotatable bonds is 15. The molecule has 1 heteroatoms. The first-order chi connectivity index (χ1) is 18.4. The van der Waals surface area contributed by atoms with Gasteiger partial charge in [0.15, 0.2) is 0 Å². The molecule has 0 saturated carbocycles. The van der Waals surface area contributed by atoms with Gasteiger partial charge in [0.05, 0.1) is 12.2 Å². The predicted molar refractivity (Wildman–Crippen MR) is 167 cm³/mol. The molecule has 1 heterocycles. The SMILES string of the molecule is CCCCC/C=C\C/C=C\CCCCCCCC1[CH]CCCCCCC/C=C\C/C=C\CCC(CC)O1. The summed E-state index contributed by atoms with van der Waals surface area (Å²) in [5.41, 5.74) is 0. The average Bonchev–Trinajstić information content (AvgIpc) is 2.91. The molecule has 0 aromatic heterocycles. The van der Waals surface area contributed by atoms with Crippen molar-refractivity contribution in [3.63, 3.8) is 0 Å². The Balaban J connectivity index is 2.23. The van der Waals surface area contributed by atoms with Crippen molar-refractivity contribution in [1.82, 2.24) is 0 Å². The van der Waals surface area contributed by atoms with Gasteiger partial charge in [0.2, 0.25) is 0 Å². The molecule has 213 valence electrons. The second kappa shape index (κ2) is 27.9. The van der Waals surface area contributed by atoms with Gasteiger partial charge in [-0.1, -0.05) is 127 Å². The summed E-state index contributed by atoms with van der Waals surface area (Å²) >= 11 is 0. The van der Waals surface area contributed by atoms with E-state index in [-0.39, 0.29) is 0 Å². The van der Waals surface area contributed by atoms with Gasteiger partial charge in [-0.2, -0.15) is 0 Å². The Morgan fingerprint density at radius 2 is 1.30 bits per heavy atom. The minimum Gasteiger partial charge on any atom is -0.375 e. The summed E-state index contributed by atoms with van der Waals surface area (Å²) in [7, 11) is 0. The second-order valence-electron chi connectivity index (χ2n) is 11.1. The highest BCUT2D eigenvalue weighted by Crippen LogP contribution is 2.20. The van der Waals surface area contributed by atoms with Gasteiger partial charge in [-0.15, -0.1) is 0 Å². The Hall–Kier alpha value is -1.08. The Morgan fingerprint density at radius 1 is 0.649 bits per heavy atom. The van der Waals surface area contributed by atoms with E-state index in [1.807, 2.05) is 0 Å². The van der Waals surface area contributed by atoms with Crippen LogP contribution in [0, 0.1) is 6.42 Å². The lowest BCUT2D eigenvalue weighted by molar-refractivity contribution is -0.00741. The van der Waals surface area contributed by atoms with Gasteiger partial charge in [0.25, 0.3) is 0 Å². The summed E-state index contributed by atoms with van der Waals surface area (Å²) in [5, 5.41) is 0. The van der Waals surface area contributed by atoms with Crippen LogP contribution in [0.3, 0.4) is 0 Å². The van der Waals surface area contributed by atoms with Crippen molar-refractivity contribution in [2.45, 2.75) is 174 Å². The molecule has 1 rings (SSSR count). The molecule has 0 aromatic carbocycles. The van der Waals surface area contributed by atoms with Crippen molar-refractivity contribution < 1.29 is 4.74 Å². The quantitative estimate of drug-likeness (QED) is 0.157. The van der Waals surface area contributed by atoms with Crippen LogP contribution in [0.25, 0.3) is 0 Å². The highest BCUT2D eigenvalue weighted by molar-refractivity contribution is 4.94. The van der Waals surface area contributed by atoms with Gasteiger partial charge in [0, 0.05) is 0 Å². The number of unbranched alkanes of at least 4 members (excludes halogenated alkanes) is 8. The lowest BCUT2D eigenvalue weighted by Gasteiger charge is -2.24. The minimum absolute atomic E-state index is 0.355. The van der Waals surface area contributed by atoms with Crippen molar-refractivity contribution in [3.05, 3.63) is 55.0 Å². The molecule has 0 aliphatic carbocycles. The van der Waals surface area contributed by atoms with E-state index in [0.717, 1.165) is 32.1 Å². The second-order valence-corrected chi connectivity index (χ2v) is 11.1. The number of ether oxygens (including phenoxy) is 1. The summed E-state index contributed by atoms with van der Waals surface area (Å²) in [6, 6.07) is 0. The zero-order valence-electron chi connectivity index (χ0n) is 25.0. The smallest absolute Gasteiger partial charge is 0.0610 e. The lowest BCUT2D eigenvalue weighted by Crippen LogP contribution is -2.22. The highest BCUT2D eigenvalue weighted by Gasteiger charge is 2.15. The monoisotopic (exact) mass is 511 g/mol. The third-order valence-electron chi connectivity index (χ3n) is 7.53. The van der Waals surface area contributed by atoms with Crippen LogP contribution in [0.1, 0.15) is 162 Å². The van der Waals surface area contributed by atoms with E-state index in [9.17, 15) is 0 Å². The van der Waals surface area contributed by atoms with Crippen LogP contribution in [0.4, 0.5) is 0 Å². The van der Waals surface area contributed by atoms with Crippen LogP contribution in [-0.4, -0.2) is 12.2 Å². The van der Waals surface area contributed by atoms with E-state index in [4.69, 9.17) is 4.74 Å². The summed E-state index contributed by atoms with van der Waals surface area (Å²) in [6.45, 7) is 4.56. The number of hydrogen-bond donors (Lipinski definition) is 0. The van der Waals surface area contributed by atoms with E-state index in [1.54, 1.807) is 0 Å². The maximum Gasteiger partial charge on any atom is 0.0610 e. The van der Waals surface area contributed by atoms with Gasteiger partial charge in [0.1, 0.15) is 0 Å².